The van der Waals surface area contributed by atoms with Crippen molar-refractivity contribution in [1.82, 2.24) is 9.78 Å². The molecule has 1 aromatic heterocycles. The van der Waals surface area contributed by atoms with Crippen molar-refractivity contribution in [2.75, 3.05) is 5.32 Å². The molecule has 0 aromatic carbocycles. The Balaban J connectivity index is 3.11. The van der Waals surface area contributed by atoms with Gasteiger partial charge in [0, 0.05) is 18.2 Å². The number of hydrogen-bond donors (Lipinski definition) is 1. The zero-order valence-electron chi connectivity index (χ0n) is 9.76. The highest BCUT2D eigenvalue weighted by atomic mass is 19.4. The van der Waals surface area contributed by atoms with Crippen LogP contribution in [0.15, 0.2) is 6.07 Å². The van der Waals surface area contributed by atoms with Gasteiger partial charge in [-0.2, -0.15) is 18.3 Å². The minimum absolute atomic E-state index is 0.0524. The molecule has 0 radical (unpaired) electrons. The zero-order valence-corrected chi connectivity index (χ0v) is 9.76. The average Bonchev–Trinajstić information content (AvgIpc) is 2.45. The number of alkyl halides is 3. The van der Waals surface area contributed by atoms with Gasteiger partial charge in [-0.15, -0.1) is 0 Å². The Morgan fingerprint density at radius 1 is 1.25 bits per heavy atom. The maximum Gasteiger partial charge on any atom is 0.433 e. The summed E-state index contributed by atoms with van der Waals surface area (Å²) in [6.45, 7) is 7.03. The maximum absolute atomic E-state index is 12.7. The molecule has 0 aliphatic rings. The van der Waals surface area contributed by atoms with Crippen LogP contribution in [0.25, 0.3) is 0 Å². The highest BCUT2D eigenvalue weighted by Gasteiger charge is 2.36. The molecule has 0 atom stereocenters. The molecule has 0 bridgehead atoms. The van der Waals surface area contributed by atoms with Gasteiger partial charge in [-0.25, -0.2) is 0 Å². The van der Waals surface area contributed by atoms with Crippen molar-refractivity contribution >= 4 is 5.82 Å². The van der Waals surface area contributed by atoms with Gasteiger partial charge in [0.25, 0.3) is 0 Å². The van der Waals surface area contributed by atoms with E-state index in [1.54, 1.807) is 13.8 Å². The van der Waals surface area contributed by atoms with Gasteiger partial charge in [-0.05, 0) is 27.7 Å². The lowest BCUT2D eigenvalue weighted by Gasteiger charge is -2.12. The molecule has 16 heavy (non-hydrogen) atoms. The van der Waals surface area contributed by atoms with Crippen molar-refractivity contribution in [3.63, 3.8) is 0 Å². The summed E-state index contributed by atoms with van der Waals surface area (Å²) in [6, 6.07) is 0.774. The van der Waals surface area contributed by atoms with E-state index in [1.165, 1.54) is 0 Å². The molecule has 0 saturated heterocycles. The summed E-state index contributed by atoms with van der Waals surface area (Å²) in [5, 5.41) is 6.76. The van der Waals surface area contributed by atoms with Crippen LogP contribution in [0.4, 0.5) is 19.0 Å². The molecule has 0 aliphatic carbocycles. The molecule has 1 heterocycles. The van der Waals surface area contributed by atoms with Crippen LogP contribution < -0.4 is 5.32 Å². The second-order valence-electron chi connectivity index (χ2n) is 4.25. The molecule has 92 valence electrons. The molecule has 0 spiro atoms. The monoisotopic (exact) mass is 235 g/mol. The summed E-state index contributed by atoms with van der Waals surface area (Å²) < 4.78 is 39.0. The molecule has 1 aromatic rings. The standard InChI is InChI=1S/C10H16F3N3/c1-6(2)14-9-5-8(10(11,12)13)16(15-9)7(3)4/h5-7H,1-4H3,(H,14,15). The van der Waals surface area contributed by atoms with Gasteiger partial charge in [0.2, 0.25) is 0 Å². The fourth-order valence-corrected chi connectivity index (χ4v) is 1.37. The van der Waals surface area contributed by atoms with Crippen LogP contribution in [-0.4, -0.2) is 15.8 Å². The van der Waals surface area contributed by atoms with Crippen molar-refractivity contribution in [3.05, 3.63) is 11.8 Å². The van der Waals surface area contributed by atoms with Crippen molar-refractivity contribution in [3.8, 4) is 0 Å². The maximum atomic E-state index is 12.7. The second kappa shape index (κ2) is 4.35. The summed E-state index contributed by atoms with van der Waals surface area (Å²) in [5.41, 5.74) is -0.717. The topological polar surface area (TPSA) is 29.9 Å². The SMILES string of the molecule is CC(C)Nc1cc(C(F)(F)F)n(C(C)C)n1. The van der Waals surface area contributed by atoms with E-state index in [4.69, 9.17) is 0 Å². The third-order valence-electron chi connectivity index (χ3n) is 1.95. The summed E-state index contributed by atoms with van der Waals surface area (Å²) in [6.07, 6.45) is -4.37. The normalized spacial score (nSPS) is 12.6. The molecular formula is C10H16F3N3. The van der Waals surface area contributed by atoms with Crippen molar-refractivity contribution in [2.24, 2.45) is 0 Å². The van der Waals surface area contributed by atoms with Crippen LogP contribution in [0.2, 0.25) is 0 Å². The molecule has 0 amide bonds. The zero-order chi connectivity index (χ0) is 12.5. The van der Waals surface area contributed by atoms with Gasteiger partial charge in [-0.3, -0.25) is 4.68 Å². The quantitative estimate of drug-likeness (QED) is 0.871. The van der Waals surface area contributed by atoms with Crippen LogP contribution >= 0.6 is 0 Å². The van der Waals surface area contributed by atoms with Crippen LogP contribution in [0.5, 0.6) is 0 Å². The molecular weight excluding hydrogens is 219 g/mol. The van der Waals surface area contributed by atoms with E-state index >= 15 is 0 Å². The summed E-state index contributed by atoms with van der Waals surface area (Å²) in [5.74, 6) is 0.260. The molecule has 3 nitrogen and oxygen atoms in total. The van der Waals surface area contributed by atoms with E-state index in [0.29, 0.717) is 0 Å². The fraction of sp³-hybridized carbons (Fsp3) is 0.700. The molecule has 0 unspecified atom stereocenters. The first-order chi connectivity index (χ1) is 7.21. The van der Waals surface area contributed by atoms with Gasteiger partial charge < -0.3 is 5.32 Å². The minimum Gasteiger partial charge on any atom is -0.366 e. The van der Waals surface area contributed by atoms with E-state index in [2.05, 4.69) is 10.4 Å². The number of halogens is 3. The van der Waals surface area contributed by atoms with Gasteiger partial charge in [0.1, 0.15) is 11.5 Å². The lowest BCUT2D eigenvalue weighted by Crippen LogP contribution is -2.16. The summed E-state index contributed by atoms with van der Waals surface area (Å²) in [4.78, 5) is 0. The van der Waals surface area contributed by atoms with Crippen LogP contribution in [0.3, 0.4) is 0 Å². The molecule has 6 heteroatoms. The Bertz CT molecular complexity index is 353. The molecule has 1 N–H and O–H groups in total. The first-order valence-corrected chi connectivity index (χ1v) is 5.15. The van der Waals surface area contributed by atoms with E-state index in [9.17, 15) is 13.2 Å². The minimum atomic E-state index is -4.37. The van der Waals surface area contributed by atoms with Crippen LogP contribution in [-0.2, 0) is 6.18 Å². The van der Waals surface area contributed by atoms with Gasteiger partial charge in [0.15, 0.2) is 0 Å². The summed E-state index contributed by atoms with van der Waals surface area (Å²) >= 11 is 0. The predicted molar refractivity (Wildman–Crippen MR) is 56.4 cm³/mol. The fourth-order valence-electron chi connectivity index (χ4n) is 1.37. The lowest BCUT2D eigenvalue weighted by molar-refractivity contribution is -0.144. The second-order valence-corrected chi connectivity index (χ2v) is 4.25. The molecule has 0 aliphatic heterocycles. The third kappa shape index (κ3) is 2.90. The van der Waals surface area contributed by atoms with E-state index in [0.717, 1.165) is 10.7 Å². The lowest BCUT2D eigenvalue weighted by atomic mass is 10.3. The van der Waals surface area contributed by atoms with Gasteiger partial charge in [0.05, 0.1) is 0 Å². The highest BCUT2D eigenvalue weighted by Crippen LogP contribution is 2.32. The molecule has 0 fully saturated rings. The van der Waals surface area contributed by atoms with Gasteiger partial charge >= 0.3 is 6.18 Å². The van der Waals surface area contributed by atoms with E-state index < -0.39 is 11.9 Å². The Labute approximate surface area is 92.6 Å². The van der Waals surface area contributed by atoms with Crippen LogP contribution in [0, 0.1) is 0 Å². The van der Waals surface area contributed by atoms with Crippen LogP contribution in [0.1, 0.15) is 39.4 Å². The number of hydrogen-bond acceptors (Lipinski definition) is 2. The molecule has 0 saturated carbocycles. The average molecular weight is 235 g/mol. The Morgan fingerprint density at radius 3 is 2.12 bits per heavy atom. The third-order valence-corrected chi connectivity index (χ3v) is 1.95. The van der Waals surface area contributed by atoms with Gasteiger partial charge in [-0.1, -0.05) is 0 Å². The molecule has 1 rings (SSSR count). The van der Waals surface area contributed by atoms with Crippen molar-refractivity contribution < 1.29 is 13.2 Å². The van der Waals surface area contributed by atoms with E-state index in [1.807, 2.05) is 13.8 Å². The number of aromatic nitrogens is 2. The Morgan fingerprint density at radius 2 is 1.81 bits per heavy atom. The number of nitrogens with one attached hydrogen (secondary N) is 1. The number of nitrogens with zero attached hydrogens (tertiary/aromatic N) is 2. The predicted octanol–water partition coefficient (Wildman–Crippen LogP) is 3.30. The van der Waals surface area contributed by atoms with E-state index in [-0.39, 0.29) is 17.9 Å². The van der Waals surface area contributed by atoms with Crippen molar-refractivity contribution in [1.29, 1.82) is 0 Å². The highest BCUT2D eigenvalue weighted by molar-refractivity contribution is 5.37. The first-order valence-electron chi connectivity index (χ1n) is 5.15. The van der Waals surface area contributed by atoms with Crippen molar-refractivity contribution in [2.45, 2.75) is 46.0 Å². The summed E-state index contributed by atoms with van der Waals surface area (Å²) in [7, 11) is 0. The number of anilines is 1. The Hall–Kier alpha value is -1.20. The first kappa shape index (κ1) is 12.9. The smallest absolute Gasteiger partial charge is 0.366 e. The largest absolute Gasteiger partial charge is 0.433 e. The Kier molecular flexibility index (Phi) is 3.50. The number of rotatable bonds is 3.